The molecule has 0 saturated carbocycles. The Labute approximate surface area is 103 Å². The molecule has 1 fully saturated rings. The van der Waals surface area contributed by atoms with Crippen LogP contribution in [0.25, 0.3) is 0 Å². The Hall–Kier alpha value is -0.585. The summed E-state index contributed by atoms with van der Waals surface area (Å²) in [4.78, 5) is 13.2. The minimum Gasteiger partial charge on any atom is -0.480 e. The van der Waals surface area contributed by atoms with Crippen molar-refractivity contribution in [2.45, 2.75) is 43.6 Å². The second-order valence-corrected chi connectivity index (χ2v) is 5.08. The summed E-state index contributed by atoms with van der Waals surface area (Å²) in [6.45, 7) is 1.95. The molecule has 4 N–H and O–H groups in total. The van der Waals surface area contributed by atoms with E-state index in [-0.39, 0.29) is 6.10 Å². The van der Waals surface area contributed by atoms with Gasteiger partial charge in [-0.15, -0.1) is 0 Å². The van der Waals surface area contributed by atoms with Gasteiger partial charge in [-0.1, -0.05) is 19.2 Å². The van der Waals surface area contributed by atoms with Crippen molar-refractivity contribution in [1.29, 1.82) is 0 Å². The van der Waals surface area contributed by atoms with E-state index in [1.807, 2.05) is 4.90 Å². The maximum absolute atomic E-state index is 11.2. The third-order valence-electron chi connectivity index (χ3n) is 3.46. The van der Waals surface area contributed by atoms with Crippen molar-refractivity contribution in [3.8, 4) is 0 Å². The van der Waals surface area contributed by atoms with Crippen LogP contribution in [0.4, 0.5) is 0 Å². The van der Waals surface area contributed by atoms with Crippen LogP contribution in [-0.4, -0.2) is 60.2 Å². The first-order chi connectivity index (χ1) is 7.98. The van der Waals surface area contributed by atoms with Gasteiger partial charge in [-0.05, 0) is 12.8 Å². The molecule has 1 aliphatic rings. The molecule has 0 bridgehead atoms. The fourth-order valence-corrected chi connectivity index (χ4v) is 2.11. The maximum atomic E-state index is 11.2. The fraction of sp³-hybridized carbons (Fsp3) is 0.909. The minimum absolute atomic E-state index is 0.243. The second-order valence-electron chi connectivity index (χ2n) is 5.08. The number of nitrogens with two attached hydrogens (primary N) is 1. The average molecular weight is 242 g/mol. The van der Waals surface area contributed by atoms with Gasteiger partial charge in [0.25, 0.3) is 0 Å². The van der Waals surface area contributed by atoms with Gasteiger partial charge in [-0.3, -0.25) is 9.69 Å². The summed E-state index contributed by atoms with van der Waals surface area (Å²) >= 11 is 0. The SMILES string of the molecule is BCCCCC(N)(CCN1CC(O)C1)C(=O)O. The molecule has 1 heterocycles. The van der Waals surface area contributed by atoms with Crippen LogP contribution >= 0.6 is 0 Å². The lowest BCUT2D eigenvalue weighted by atomic mass is 9.87. The molecule has 0 radical (unpaired) electrons. The first-order valence-electron chi connectivity index (χ1n) is 6.40. The van der Waals surface area contributed by atoms with E-state index in [1.165, 1.54) is 0 Å². The van der Waals surface area contributed by atoms with Crippen LogP contribution in [0.2, 0.25) is 6.32 Å². The van der Waals surface area contributed by atoms with Crippen LogP contribution < -0.4 is 5.73 Å². The van der Waals surface area contributed by atoms with Crippen molar-refractivity contribution < 1.29 is 15.0 Å². The van der Waals surface area contributed by atoms with E-state index in [0.29, 0.717) is 32.5 Å². The topological polar surface area (TPSA) is 86.8 Å². The lowest BCUT2D eigenvalue weighted by Gasteiger charge is -2.37. The van der Waals surface area contributed by atoms with E-state index in [1.54, 1.807) is 0 Å². The molecule has 1 unspecified atom stereocenters. The average Bonchev–Trinajstić information content (AvgIpc) is 2.23. The summed E-state index contributed by atoms with van der Waals surface area (Å²) in [6.07, 6.45) is 3.70. The molecule has 1 aliphatic heterocycles. The molecule has 0 aromatic heterocycles. The largest absolute Gasteiger partial charge is 0.480 e. The molecular weight excluding hydrogens is 219 g/mol. The highest BCUT2D eigenvalue weighted by molar-refractivity contribution is 6.08. The molecule has 0 aliphatic carbocycles. The summed E-state index contributed by atoms with van der Waals surface area (Å²) < 4.78 is 0. The van der Waals surface area contributed by atoms with E-state index in [0.717, 1.165) is 19.2 Å². The number of aliphatic hydroxyl groups is 1. The third-order valence-corrected chi connectivity index (χ3v) is 3.46. The highest BCUT2D eigenvalue weighted by atomic mass is 16.4. The van der Waals surface area contributed by atoms with Crippen LogP contribution in [0.3, 0.4) is 0 Å². The van der Waals surface area contributed by atoms with E-state index in [2.05, 4.69) is 7.85 Å². The Kier molecular flexibility index (Phi) is 5.43. The van der Waals surface area contributed by atoms with Gasteiger partial charge in [0.1, 0.15) is 13.4 Å². The smallest absolute Gasteiger partial charge is 0.323 e. The van der Waals surface area contributed by atoms with Crippen LogP contribution in [0.1, 0.15) is 25.7 Å². The molecule has 5 nitrogen and oxygen atoms in total. The predicted molar refractivity (Wildman–Crippen MR) is 68.8 cm³/mol. The molecule has 0 aromatic rings. The number of unbranched alkanes of at least 4 members (excludes halogenated alkanes) is 1. The Morgan fingerprint density at radius 2 is 2.06 bits per heavy atom. The lowest BCUT2D eigenvalue weighted by Crippen LogP contribution is -2.55. The van der Waals surface area contributed by atoms with Gasteiger partial charge >= 0.3 is 5.97 Å². The summed E-state index contributed by atoms with van der Waals surface area (Å²) in [5, 5.41) is 18.3. The molecule has 0 spiro atoms. The Morgan fingerprint density at radius 1 is 1.41 bits per heavy atom. The monoisotopic (exact) mass is 242 g/mol. The van der Waals surface area contributed by atoms with E-state index >= 15 is 0 Å². The van der Waals surface area contributed by atoms with Gasteiger partial charge in [0.2, 0.25) is 0 Å². The first kappa shape index (κ1) is 14.5. The van der Waals surface area contributed by atoms with E-state index < -0.39 is 11.5 Å². The standard InChI is InChI=1S/C11H23BN2O3/c12-5-2-1-3-11(13,10(16)17)4-6-14-7-9(15)8-14/h9,15H,1-8,12-13H2,(H,16,17). The van der Waals surface area contributed by atoms with Crippen molar-refractivity contribution in [1.82, 2.24) is 4.90 Å². The molecule has 0 aromatic carbocycles. The normalized spacial score (nSPS) is 20.8. The zero-order valence-corrected chi connectivity index (χ0v) is 10.6. The van der Waals surface area contributed by atoms with E-state index in [9.17, 15) is 9.90 Å². The predicted octanol–water partition coefficient (Wildman–Crippen LogP) is -0.943. The number of carboxylic acids is 1. The van der Waals surface area contributed by atoms with Crippen molar-refractivity contribution in [3.05, 3.63) is 0 Å². The number of nitrogens with zero attached hydrogens (tertiary/aromatic N) is 1. The van der Waals surface area contributed by atoms with Crippen molar-refractivity contribution in [3.63, 3.8) is 0 Å². The molecule has 6 heteroatoms. The van der Waals surface area contributed by atoms with Gasteiger partial charge < -0.3 is 15.9 Å². The first-order valence-corrected chi connectivity index (χ1v) is 6.40. The summed E-state index contributed by atoms with van der Waals surface area (Å²) in [6, 6.07) is 0. The molecule has 1 rings (SSSR count). The number of β-amino-alcohol motifs (C(OH)–C–C–N with tert-alkyl or cyclic N) is 1. The number of hydrogen-bond acceptors (Lipinski definition) is 4. The number of carbonyl (C=O) groups is 1. The number of carboxylic acid groups (broad SMARTS) is 1. The minimum atomic E-state index is -1.10. The van der Waals surface area contributed by atoms with Crippen LogP contribution in [0.5, 0.6) is 0 Å². The quantitative estimate of drug-likeness (QED) is 0.377. The van der Waals surface area contributed by atoms with Crippen molar-refractivity contribution in [2.24, 2.45) is 5.73 Å². The van der Waals surface area contributed by atoms with Crippen LogP contribution in [-0.2, 0) is 4.79 Å². The summed E-state index contributed by atoms with van der Waals surface area (Å²) in [5.41, 5.74) is 4.85. The summed E-state index contributed by atoms with van der Waals surface area (Å²) in [5.74, 6) is -0.908. The number of rotatable bonds is 8. The zero-order chi connectivity index (χ0) is 12.9. The Balaban J connectivity index is 2.33. The lowest BCUT2D eigenvalue weighted by molar-refractivity contribution is -0.144. The Morgan fingerprint density at radius 3 is 2.53 bits per heavy atom. The highest BCUT2D eigenvalue weighted by Gasteiger charge is 2.35. The van der Waals surface area contributed by atoms with Crippen LogP contribution in [0, 0.1) is 0 Å². The molecule has 1 atom stereocenters. The molecule has 1 saturated heterocycles. The number of likely N-dealkylation sites (tertiary alicyclic amines) is 1. The fourth-order valence-electron chi connectivity index (χ4n) is 2.11. The zero-order valence-electron chi connectivity index (χ0n) is 10.6. The van der Waals surface area contributed by atoms with E-state index in [4.69, 9.17) is 10.8 Å². The molecule has 17 heavy (non-hydrogen) atoms. The van der Waals surface area contributed by atoms with Gasteiger partial charge in [0, 0.05) is 19.6 Å². The third kappa shape index (κ3) is 4.29. The number of aliphatic hydroxyl groups excluding tert-OH is 1. The van der Waals surface area contributed by atoms with Gasteiger partial charge in [0.15, 0.2) is 0 Å². The number of hydrogen-bond donors (Lipinski definition) is 3. The van der Waals surface area contributed by atoms with Crippen molar-refractivity contribution in [2.75, 3.05) is 19.6 Å². The Bertz CT molecular complexity index is 259. The number of aliphatic carboxylic acids is 1. The maximum Gasteiger partial charge on any atom is 0.323 e. The molecule has 98 valence electrons. The second kappa shape index (κ2) is 6.38. The van der Waals surface area contributed by atoms with Crippen molar-refractivity contribution >= 4 is 13.8 Å². The van der Waals surface area contributed by atoms with Gasteiger partial charge in [0.05, 0.1) is 6.10 Å². The molecular formula is C11H23BN2O3. The summed E-state index contributed by atoms with van der Waals surface area (Å²) in [7, 11) is 2.08. The van der Waals surface area contributed by atoms with Crippen LogP contribution in [0.15, 0.2) is 0 Å². The highest BCUT2D eigenvalue weighted by Crippen LogP contribution is 2.19. The molecule has 0 amide bonds. The van der Waals surface area contributed by atoms with Gasteiger partial charge in [-0.25, -0.2) is 0 Å². The van der Waals surface area contributed by atoms with Gasteiger partial charge in [-0.2, -0.15) is 0 Å².